The maximum Gasteiger partial charge on any atom is 0.134 e. The maximum atomic E-state index is 5.69. The van der Waals surface area contributed by atoms with Crippen LogP contribution in [0.25, 0.3) is 11.0 Å². The van der Waals surface area contributed by atoms with Crippen LogP contribution in [0.2, 0.25) is 0 Å². The van der Waals surface area contributed by atoms with Gasteiger partial charge in [-0.25, -0.2) is 0 Å². The second-order valence-corrected chi connectivity index (χ2v) is 3.23. The van der Waals surface area contributed by atoms with Crippen LogP contribution in [0.3, 0.4) is 0 Å². The normalized spacial score (nSPS) is 13.4. The number of nitrogen functional groups attached to an aromatic ring is 1. The fraction of sp³-hybridized carbons (Fsp3) is 0.200. The number of fused-ring (bicyclic) bond motifs is 1. The molecule has 68 valence electrons. The topological polar surface area (TPSA) is 65.2 Å². The van der Waals surface area contributed by atoms with Crippen molar-refractivity contribution in [1.29, 1.82) is 0 Å². The van der Waals surface area contributed by atoms with E-state index in [2.05, 4.69) is 0 Å². The van der Waals surface area contributed by atoms with Crippen LogP contribution in [0.5, 0.6) is 0 Å². The minimum Gasteiger partial charge on any atom is -0.459 e. The second kappa shape index (κ2) is 2.78. The summed E-state index contributed by atoms with van der Waals surface area (Å²) in [6.45, 7) is 1.89. The van der Waals surface area contributed by atoms with Gasteiger partial charge < -0.3 is 15.9 Å². The van der Waals surface area contributed by atoms with E-state index in [-0.39, 0.29) is 6.04 Å². The van der Waals surface area contributed by atoms with Crippen LogP contribution < -0.4 is 11.5 Å². The SMILES string of the molecule is C[C@H](N)c1cc2cc(N)ccc2o1. The van der Waals surface area contributed by atoms with Crippen LogP contribution in [-0.4, -0.2) is 0 Å². The smallest absolute Gasteiger partial charge is 0.134 e. The van der Waals surface area contributed by atoms with Crippen molar-refractivity contribution >= 4 is 16.7 Å². The first-order valence-corrected chi connectivity index (χ1v) is 4.21. The van der Waals surface area contributed by atoms with Gasteiger partial charge in [0, 0.05) is 11.1 Å². The summed E-state index contributed by atoms with van der Waals surface area (Å²) in [6.07, 6.45) is 0. The van der Waals surface area contributed by atoms with E-state index in [4.69, 9.17) is 15.9 Å². The molecule has 0 radical (unpaired) electrons. The lowest BCUT2D eigenvalue weighted by Gasteiger charge is -1.96. The third-order valence-electron chi connectivity index (χ3n) is 2.01. The average molecular weight is 176 g/mol. The van der Waals surface area contributed by atoms with E-state index in [1.807, 2.05) is 31.2 Å². The fourth-order valence-electron chi connectivity index (χ4n) is 1.31. The van der Waals surface area contributed by atoms with Gasteiger partial charge in [-0.1, -0.05) is 0 Å². The van der Waals surface area contributed by atoms with E-state index < -0.39 is 0 Å². The zero-order chi connectivity index (χ0) is 9.42. The number of hydrogen-bond acceptors (Lipinski definition) is 3. The van der Waals surface area contributed by atoms with Gasteiger partial charge in [-0.15, -0.1) is 0 Å². The predicted molar refractivity (Wildman–Crippen MR) is 53.2 cm³/mol. The lowest BCUT2D eigenvalue weighted by molar-refractivity contribution is 0.513. The fourth-order valence-corrected chi connectivity index (χ4v) is 1.31. The first-order chi connectivity index (χ1) is 6.16. The Balaban J connectivity index is 2.62. The Morgan fingerprint density at radius 1 is 1.31 bits per heavy atom. The Hall–Kier alpha value is -1.48. The van der Waals surface area contributed by atoms with Crippen LogP contribution in [0.15, 0.2) is 28.7 Å². The molecule has 0 saturated carbocycles. The molecule has 0 saturated heterocycles. The van der Waals surface area contributed by atoms with Gasteiger partial charge in [0.15, 0.2) is 0 Å². The Morgan fingerprint density at radius 3 is 2.77 bits per heavy atom. The number of rotatable bonds is 1. The van der Waals surface area contributed by atoms with Gasteiger partial charge in [0.05, 0.1) is 6.04 Å². The highest BCUT2D eigenvalue weighted by Gasteiger charge is 2.06. The van der Waals surface area contributed by atoms with Gasteiger partial charge in [0.1, 0.15) is 11.3 Å². The molecule has 3 heteroatoms. The predicted octanol–water partition coefficient (Wildman–Crippen LogP) is 2.03. The minimum absolute atomic E-state index is 0.0753. The molecular formula is C10H12N2O. The molecule has 4 N–H and O–H groups in total. The van der Waals surface area contributed by atoms with E-state index in [0.29, 0.717) is 0 Å². The van der Waals surface area contributed by atoms with Gasteiger partial charge in [-0.05, 0) is 31.2 Å². The molecule has 0 aliphatic heterocycles. The molecule has 2 aromatic rings. The number of furan rings is 1. The monoisotopic (exact) mass is 176 g/mol. The van der Waals surface area contributed by atoms with E-state index in [9.17, 15) is 0 Å². The molecule has 3 nitrogen and oxygen atoms in total. The summed E-state index contributed by atoms with van der Waals surface area (Å²) in [5, 5.41) is 1.01. The Labute approximate surface area is 76.3 Å². The van der Waals surface area contributed by atoms with Crippen LogP contribution >= 0.6 is 0 Å². The van der Waals surface area contributed by atoms with Crippen molar-refractivity contribution in [1.82, 2.24) is 0 Å². The first-order valence-electron chi connectivity index (χ1n) is 4.21. The van der Waals surface area contributed by atoms with Crippen LogP contribution in [0.1, 0.15) is 18.7 Å². The molecule has 0 unspecified atom stereocenters. The summed E-state index contributed by atoms with van der Waals surface area (Å²) in [7, 11) is 0. The minimum atomic E-state index is -0.0753. The maximum absolute atomic E-state index is 5.69. The Morgan fingerprint density at radius 2 is 2.08 bits per heavy atom. The summed E-state index contributed by atoms with van der Waals surface area (Å²) >= 11 is 0. The lowest BCUT2D eigenvalue weighted by Crippen LogP contribution is -2.02. The second-order valence-electron chi connectivity index (χ2n) is 3.23. The summed E-state index contributed by atoms with van der Waals surface area (Å²) in [4.78, 5) is 0. The van der Waals surface area contributed by atoms with Crippen molar-refractivity contribution in [3.8, 4) is 0 Å². The zero-order valence-electron chi connectivity index (χ0n) is 7.45. The largest absolute Gasteiger partial charge is 0.459 e. The Kier molecular flexibility index (Phi) is 1.74. The molecule has 0 bridgehead atoms. The van der Waals surface area contributed by atoms with Crippen molar-refractivity contribution in [3.63, 3.8) is 0 Å². The molecule has 0 spiro atoms. The summed E-state index contributed by atoms with van der Waals surface area (Å²) in [5.74, 6) is 0.792. The summed E-state index contributed by atoms with van der Waals surface area (Å²) in [5.41, 5.74) is 12.9. The number of benzene rings is 1. The van der Waals surface area contributed by atoms with Gasteiger partial charge in [0.2, 0.25) is 0 Å². The molecule has 1 atom stereocenters. The highest BCUT2D eigenvalue weighted by Crippen LogP contribution is 2.24. The van der Waals surface area contributed by atoms with Crippen LogP contribution in [0.4, 0.5) is 5.69 Å². The Bertz CT molecular complexity index is 431. The van der Waals surface area contributed by atoms with E-state index >= 15 is 0 Å². The molecule has 1 heterocycles. The molecule has 13 heavy (non-hydrogen) atoms. The molecule has 0 aliphatic carbocycles. The highest BCUT2D eigenvalue weighted by molar-refractivity contribution is 5.81. The van der Waals surface area contributed by atoms with Crippen molar-refractivity contribution in [2.24, 2.45) is 5.73 Å². The van der Waals surface area contributed by atoms with Gasteiger partial charge in [-0.3, -0.25) is 0 Å². The van der Waals surface area contributed by atoms with Crippen molar-refractivity contribution in [2.75, 3.05) is 5.73 Å². The highest BCUT2D eigenvalue weighted by atomic mass is 16.3. The van der Waals surface area contributed by atoms with E-state index in [1.165, 1.54) is 0 Å². The standard InChI is InChI=1S/C10H12N2O/c1-6(11)10-5-7-4-8(12)2-3-9(7)13-10/h2-6H,11-12H2,1H3/t6-/m0/s1. The van der Waals surface area contributed by atoms with Crippen molar-refractivity contribution in [2.45, 2.75) is 13.0 Å². The molecule has 0 amide bonds. The molecular weight excluding hydrogens is 164 g/mol. The third-order valence-corrected chi connectivity index (χ3v) is 2.01. The number of anilines is 1. The number of hydrogen-bond donors (Lipinski definition) is 2. The molecule has 0 fully saturated rings. The summed E-state index contributed by atoms with van der Waals surface area (Å²) in [6, 6.07) is 7.41. The van der Waals surface area contributed by atoms with E-state index in [1.54, 1.807) is 0 Å². The summed E-state index contributed by atoms with van der Waals surface area (Å²) < 4.78 is 5.50. The zero-order valence-corrected chi connectivity index (χ0v) is 7.45. The first kappa shape index (κ1) is 8.13. The van der Waals surface area contributed by atoms with Crippen LogP contribution in [-0.2, 0) is 0 Å². The van der Waals surface area contributed by atoms with Crippen molar-refractivity contribution in [3.05, 3.63) is 30.0 Å². The lowest BCUT2D eigenvalue weighted by atomic mass is 10.2. The molecule has 0 aliphatic rings. The quantitative estimate of drug-likeness (QED) is 0.653. The molecule has 2 rings (SSSR count). The molecule has 1 aromatic heterocycles. The van der Waals surface area contributed by atoms with E-state index in [0.717, 1.165) is 22.4 Å². The van der Waals surface area contributed by atoms with Crippen LogP contribution in [0, 0.1) is 0 Å². The average Bonchev–Trinajstić information content (AvgIpc) is 2.46. The number of nitrogens with two attached hydrogens (primary N) is 2. The van der Waals surface area contributed by atoms with Gasteiger partial charge in [0.25, 0.3) is 0 Å². The van der Waals surface area contributed by atoms with Gasteiger partial charge in [-0.2, -0.15) is 0 Å². The van der Waals surface area contributed by atoms with Gasteiger partial charge >= 0.3 is 0 Å². The van der Waals surface area contributed by atoms with Crippen molar-refractivity contribution < 1.29 is 4.42 Å². The molecule has 1 aromatic carbocycles. The third kappa shape index (κ3) is 1.38.